The Morgan fingerprint density at radius 3 is 2.30 bits per heavy atom. The van der Waals surface area contributed by atoms with Crippen molar-refractivity contribution in [2.45, 2.75) is 72.5 Å². The summed E-state index contributed by atoms with van der Waals surface area (Å²) in [6.45, 7) is 11.6. The van der Waals surface area contributed by atoms with Crippen LogP contribution in [0.3, 0.4) is 0 Å². The molecule has 1 N–H and O–H groups in total. The lowest BCUT2D eigenvalue weighted by atomic mass is 10.1. The van der Waals surface area contributed by atoms with Gasteiger partial charge < -0.3 is 15.0 Å². The fourth-order valence-corrected chi connectivity index (χ4v) is 4.87. The number of nitrogens with zero attached hydrogens (tertiary/aromatic N) is 2. The van der Waals surface area contributed by atoms with Crippen LogP contribution in [0.1, 0.15) is 57.2 Å². The van der Waals surface area contributed by atoms with Gasteiger partial charge in [-0.05, 0) is 88.9 Å². The third-order valence-electron chi connectivity index (χ3n) is 6.08. The molecule has 0 aliphatic rings. The third kappa shape index (κ3) is 9.07. The number of methoxy groups -OCH3 is 1. The van der Waals surface area contributed by atoms with E-state index in [0.29, 0.717) is 17.9 Å². The van der Waals surface area contributed by atoms with Crippen molar-refractivity contribution in [1.82, 2.24) is 10.2 Å². The lowest BCUT2D eigenvalue weighted by Crippen LogP contribution is -2.52. The first kappa shape index (κ1) is 30.2. The number of anilines is 1. The van der Waals surface area contributed by atoms with Gasteiger partial charge in [0.1, 0.15) is 11.8 Å². The van der Waals surface area contributed by atoms with E-state index < -0.39 is 21.6 Å². The third-order valence-corrected chi connectivity index (χ3v) is 7.28. The monoisotopic (exact) mass is 531 g/mol. The van der Waals surface area contributed by atoms with Crippen molar-refractivity contribution in [1.29, 1.82) is 0 Å². The number of nitrogens with one attached hydrogen (secondary N) is 1. The van der Waals surface area contributed by atoms with Gasteiger partial charge in [-0.2, -0.15) is 0 Å². The van der Waals surface area contributed by atoms with E-state index in [1.807, 2.05) is 71.0 Å². The Bertz CT molecular complexity index is 1200. The SMILES string of the molecule is COc1cccc(CN(C(=O)CCCN(c2ccc(C)c(C)c2)S(C)(=O)=O)[C@H](C)C(=O)NC(C)(C)C)c1. The maximum atomic E-state index is 13.4. The number of carbonyl (C=O) groups is 2. The predicted octanol–water partition coefficient (Wildman–Crippen LogP) is 4.19. The highest BCUT2D eigenvalue weighted by atomic mass is 32.2. The topological polar surface area (TPSA) is 96.0 Å². The van der Waals surface area contributed by atoms with E-state index in [-0.39, 0.29) is 31.3 Å². The second-order valence-corrected chi connectivity index (χ2v) is 12.4. The minimum absolute atomic E-state index is 0.0912. The summed E-state index contributed by atoms with van der Waals surface area (Å²) in [4.78, 5) is 27.9. The number of sulfonamides is 1. The van der Waals surface area contributed by atoms with Crippen LogP contribution in [-0.2, 0) is 26.2 Å². The fourth-order valence-electron chi connectivity index (χ4n) is 3.91. The van der Waals surface area contributed by atoms with Gasteiger partial charge in [-0.1, -0.05) is 18.2 Å². The molecule has 0 saturated heterocycles. The molecule has 0 fully saturated rings. The van der Waals surface area contributed by atoms with Crippen LogP contribution < -0.4 is 14.4 Å². The summed E-state index contributed by atoms with van der Waals surface area (Å²) < 4.78 is 31.7. The second-order valence-electron chi connectivity index (χ2n) is 10.5. The molecule has 37 heavy (non-hydrogen) atoms. The Labute approximate surface area is 222 Å². The van der Waals surface area contributed by atoms with E-state index >= 15 is 0 Å². The molecule has 2 aromatic carbocycles. The molecular formula is C28H41N3O5S. The normalized spacial score (nSPS) is 12.5. The summed E-state index contributed by atoms with van der Waals surface area (Å²) in [5.41, 5.74) is 3.02. The maximum Gasteiger partial charge on any atom is 0.242 e. The van der Waals surface area contributed by atoms with Crippen molar-refractivity contribution in [3.8, 4) is 5.75 Å². The van der Waals surface area contributed by atoms with Gasteiger partial charge in [0.05, 0.1) is 19.1 Å². The zero-order valence-corrected chi connectivity index (χ0v) is 24.1. The minimum atomic E-state index is -3.54. The van der Waals surface area contributed by atoms with E-state index in [0.717, 1.165) is 22.9 Å². The van der Waals surface area contributed by atoms with Gasteiger partial charge >= 0.3 is 0 Å². The molecule has 9 heteroatoms. The molecule has 0 aliphatic carbocycles. The van der Waals surface area contributed by atoms with Crippen LogP contribution in [0.15, 0.2) is 42.5 Å². The van der Waals surface area contributed by atoms with E-state index in [9.17, 15) is 18.0 Å². The Morgan fingerprint density at radius 2 is 1.73 bits per heavy atom. The maximum absolute atomic E-state index is 13.4. The lowest BCUT2D eigenvalue weighted by molar-refractivity contribution is -0.141. The average Bonchev–Trinajstić information content (AvgIpc) is 2.80. The number of benzene rings is 2. The van der Waals surface area contributed by atoms with Gasteiger partial charge in [0, 0.05) is 25.0 Å². The van der Waals surface area contributed by atoms with Gasteiger partial charge in [-0.25, -0.2) is 8.42 Å². The molecule has 204 valence electrons. The fraction of sp³-hybridized carbons (Fsp3) is 0.500. The Kier molecular flexibility index (Phi) is 10.1. The lowest BCUT2D eigenvalue weighted by Gasteiger charge is -2.32. The standard InChI is InChI=1S/C28H41N3O5S/c1-20-14-15-24(17-21(20)2)31(37(8,34)35)16-10-13-26(32)30(22(3)27(33)29-28(4,5)6)19-23-11-9-12-25(18-23)36-7/h9,11-12,14-15,17-18,22H,10,13,16,19H2,1-8H3,(H,29,33)/t22-/m1/s1. The molecule has 2 rings (SSSR count). The van der Waals surface area contributed by atoms with Crippen LogP contribution in [0.2, 0.25) is 0 Å². The number of hydrogen-bond donors (Lipinski definition) is 1. The van der Waals surface area contributed by atoms with Gasteiger partial charge in [-0.3, -0.25) is 13.9 Å². The van der Waals surface area contributed by atoms with Crippen molar-refractivity contribution < 1.29 is 22.7 Å². The van der Waals surface area contributed by atoms with Crippen molar-refractivity contribution in [2.24, 2.45) is 0 Å². The predicted molar refractivity (Wildman–Crippen MR) is 148 cm³/mol. The molecule has 0 unspecified atom stereocenters. The molecule has 0 spiro atoms. The molecule has 0 aliphatic heterocycles. The van der Waals surface area contributed by atoms with Crippen LogP contribution in [0, 0.1) is 13.8 Å². The molecule has 0 aromatic heterocycles. The summed E-state index contributed by atoms with van der Waals surface area (Å²) in [6, 6.07) is 12.2. The summed E-state index contributed by atoms with van der Waals surface area (Å²) in [5.74, 6) is 0.179. The molecule has 2 amide bonds. The van der Waals surface area contributed by atoms with Crippen molar-refractivity contribution in [2.75, 3.05) is 24.2 Å². The molecular weight excluding hydrogens is 490 g/mol. The van der Waals surface area contributed by atoms with Gasteiger partial charge in [0.25, 0.3) is 0 Å². The van der Waals surface area contributed by atoms with E-state index in [2.05, 4.69) is 5.32 Å². The first-order chi connectivity index (χ1) is 17.1. The molecule has 0 radical (unpaired) electrons. The number of rotatable bonds is 11. The highest BCUT2D eigenvalue weighted by molar-refractivity contribution is 7.92. The quantitative estimate of drug-likeness (QED) is 0.469. The molecule has 0 saturated carbocycles. The Balaban J connectivity index is 2.23. The van der Waals surface area contributed by atoms with Crippen LogP contribution in [0.5, 0.6) is 5.75 Å². The number of aryl methyl sites for hydroxylation is 2. The van der Waals surface area contributed by atoms with Crippen molar-refractivity contribution in [3.63, 3.8) is 0 Å². The zero-order chi connectivity index (χ0) is 28.0. The molecule has 0 bridgehead atoms. The van der Waals surface area contributed by atoms with E-state index in [1.165, 1.54) is 9.21 Å². The van der Waals surface area contributed by atoms with Crippen LogP contribution in [0.25, 0.3) is 0 Å². The van der Waals surface area contributed by atoms with Crippen LogP contribution in [-0.4, -0.2) is 56.6 Å². The highest BCUT2D eigenvalue weighted by Gasteiger charge is 2.28. The molecule has 8 nitrogen and oxygen atoms in total. The summed E-state index contributed by atoms with van der Waals surface area (Å²) in [5, 5.41) is 2.94. The van der Waals surface area contributed by atoms with Gasteiger partial charge in [-0.15, -0.1) is 0 Å². The van der Waals surface area contributed by atoms with Gasteiger partial charge in [0.2, 0.25) is 21.8 Å². The van der Waals surface area contributed by atoms with Gasteiger partial charge in [0.15, 0.2) is 0 Å². The van der Waals surface area contributed by atoms with Crippen LogP contribution in [0.4, 0.5) is 5.69 Å². The summed E-state index contributed by atoms with van der Waals surface area (Å²) in [7, 11) is -1.97. The zero-order valence-electron chi connectivity index (χ0n) is 23.3. The van der Waals surface area contributed by atoms with E-state index in [4.69, 9.17) is 4.74 Å². The van der Waals surface area contributed by atoms with E-state index in [1.54, 1.807) is 20.1 Å². The number of carbonyl (C=O) groups excluding carboxylic acids is 2. The summed E-state index contributed by atoms with van der Waals surface area (Å²) in [6.07, 6.45) is 1.56. The van der Waals surface area contributed by atoms with Crippen molar-refractivity contribution >= 4 is 27.5 Å². The Morgan fingerprint density at radius 1 is 1.05 bits per heavy atom. The second kappa shape index (κ2) is 12.4. The van der Waals surface area contributed by atoms with Crippen LogP contribution >= 0.6 is 0 Å². The summed E-state index contributed by atoms with van der Waals surface area (Å²) >= 11 is 0. The molecule has 1 atom stereocenters. The largest absolute Gasteiger partial charge is 0.497 e. The van der Waals surface area contributed by atoms with Crippen molar-refractivity contribution in [3.05, 3.63) is 59.2 Å². The number of ether oxygens (including phenoxy) is 1. The molecule has 2 aromatic rings. The number of amides is 2. The smallest absolute Gasteiger partial charge is 0.242 e. The average molecular weight is 532 g/mol. The number of hydrogen-bond acceptors (Lipinski definition) is 5. The Hall–Kier alpha value is -3.07. The highest BCUT2D eigenvalue weighted by Crippen LogP contribution is 2.23. The first-order valence-corrected chi connectivity index (χ1v) is 14.3. The first-order valence-electron chi connectivity index (χ1n) is 12.4. The minimum Gasteiger partial charge on any atom is -0.497 e. The molecule has 0 heterocycles.